The lowest BCUT2D eigenvalue weighted by Crippen LogP contribution is -2.07. The van der Waals surface area contributed by atoms with Gasteiger partial charge in [-0.25, -0.2) is 14.4 Å². The number of nitrogens with one attached hydrogen (secondary N) is 1. The molecule has 208 valence electrons. The second-order valence-electron chi connectivity index (χ2n) is 9.68. The highest BCUT2D eigenvalue weighted by Gasteiger charge is 2.13. The van der Waals surface area contributed by atoms with Gasteiger partial charge in [-0.15, -0.1) is 0 Å². The predicted octanol–water partition coefficient (Wildman–Crippen LogP) is 8.99. The summed E-state index contributed by atoms with van der Waals surface area (Å²) in [7, 11) is 0. The molecule has 0 aromatic carbocycles. The summed E-state index contributed by atoms with van der Waals surface area (Å²) in [5.41, 5.74) is 7.47. The monoisotopic (exact) mass is 537 g/mol. The van der Waals surface area contributed by atoms with E-state index >= 15 is 4.39 Å². The van der Waals surface area contributed by atoms with Gasteiger partial charge >= 0.3 is 0 Å². The largest absolute Gasteiger partial charge is 0.366 e. The molecule has 0 saturated heterocycles. The summed E-state index contributed by atoms with van der Waals surface area (Å²) < 4.78 is 15.1. The van der Waals surface area contributed by atoms with Gasteiger partial charge in [0.25, 0.3) is 0 Å². The zero-order valence-corrected chi connectivity index (χ0v) is 24.5. The lowest BCUT2D eigenvalue weighted by atomic mass is 10.1. The van der Waals surface area contributed by atoms with E-state index in [2.05, 4.69) is 69.5 Å². The summed E-state index contributed by atoms with van der Waals surface area (Å²) in [6.45, 7) is 12.6. The molecule has 0 aliphatic heterocycles. The van der Waals surface area contributed by atoms with Crippen LogP contribution in [-0.2, 0) is 6.54 Å². The van der Waals surface area contributed by atoms with E-state index in [1.807, 2.05) is 58.2 Å². The van der Waals surface area contributed by atoms with Gasteiger partial charge in [0.15, 0.2) is 0 Å². The molecule has 0 radical (unpaired) electrons. The second kappa shape index (κ2) is 15.4. The summed E-state index contributed by atoms with van der Waals surface area (Å²) in [4.78, 5) is 18.0. The van der Waals surface area contributed by atoms with Crippen molar-refractivity contribution in [3.63, 3.8) is 0 Å². The molecule has 0 amide bonds. The van der Waals surface area contributed by atoms with Crippen molar-refractivity contribution in [3.05, 3.63) is 113 Å². The van der Waals surface area contributed by atoms with Crippen LogP contribution in [-0.4, -0.2) is 19.9 Å². The molecule has 0 saturated carbocycles. The van der Waals surface area contributed by atoms with Crippen molar-refractivity contribution in [2.45, 2.75) is 67.3 Å². The fourth-order valence-corrected chi connectivity index (χ4v) is 4.21. The number of hydrogen-bond donors (Lipinski definition) is 1. The predicted molar refractivity (Wildman–Crippen MR) is 166 cm³/mol. The molecule has 0 bridgehead atoms. The van der Waals surface area contributed by atoms with Gasteiger partial charge in [0.1, 0.15) is 23.7 Å². The Morgan fingerprint density at radius 2 is 1.85 bits per heavy atom. The standard InChI is InChI=1S/C34H40FN5/c1-7-10-11-12-13-16-28-19-31(36-20-25(28)5)32-26(6)34(40-23-39-32)38-22-27-18-30(35)33(37-21-27)29(15-9-3)17-24(4)14-8-2/h9,11-21,23H,7-8,10,22H2,1-6H3,(H,38,39,40)/b12-11+,15-9-,16-13-,24-14+,29-17+. The Bertz CT molecular complexity index is 1450. The van der Waals surface area contributed by atoms with Crippen LogP contribution in [0.4, 0.5) is 10.2 Å². The van der Waals surface area contributed by atoms with Crippen molar-refractivity contribution in [1.82, 2.24) is 19.9 Å². The molecule has 3 aromatic heterocycles. The quantitative estimate of drug-likeness (QED) is 0.234. The maximum atomic E-state index is 15.1. The van der Waals surface area contributed by atoms with Crippen molar-refractivity contribution in [2.75, 3.05) is 5.32 Å². The minimum atomic E-state index is -0.359. The van der Waals surface area contributed by atoms with Crippen LogP contribution < -0.4 is 5.32 Å². The molecular weight excluding hydrogens is 497 g/mol. The highest BCUT2D eigenvalue weighted by atomic mass is 19.1. The Kier molecular flexibility index (Phi) is 11.7. The van der Waals surface area contributed by atoms with E-state index in [0.29, 0.717) is 18.1 Å². The van der Waals surface area contributed by atoms with Gasteiger partial charge in [-0.1, -0.05) is 74.4 Å². The summed E-state index contributed by atoms with van der Waals surface area (Å²) >= 11 is 0. The average Bonchev–Trinajstić information content (AvgIpc) is 2.93. The first-order valence-electron chi connectivity index (χ1n) is 13.9. The maximum Gasteiger partial charge on any atom is 0.149 e. The van der Waals surface area contributed by atoms with Crippen LogP contribution in [0.5, 0.6) is 0 Å². The Morgan fingerprint density at radius 3 is 2.58 bits per heavy atom. The van der Waals surface area contributed by atoms with Crippen LogP contribution >= 0.6 is 0 Å². The zero-order valence-electron chi connectivity index (χ0n) is 24.5. The second-order valence-corrected chi connectivity index (χ2v) is 9.68. The molecule has 40 heavy (non-hydrogen) atoms. The molecular formula is C34H40FN5. The van der Waals surface area contributed by atoms with Crippen molar-refractivity contribution >= 4 is 17.5 Å². The number of halogens is 1. The van der Waals surface area contributed by atoms with E-state index in [9.17, 15) is 0 Å². The van der Waals surface area contributed by atoms with Gasteiger partial charge in [-0.2, -0.15) is 0 Å². The first kappa shape index (κ1) is 30.4. The molecule has 0 unspecified atom stereocenters. The van der Waals surface area contributed by atoms with Crippen LogP contribution in [0.15, 0.2) is 79.0 Å². The van der Waals surface area contributed by atoms with E-state index in [1.54, 1.807) is 6.20 Å². The van der Waals surface area contributed by atoms with Crippen LogP contribution in [0.1, 0.15) is 74.9 Å². The van der Waals surface area contributed by atoms with Gasteiger partial charge in [-0.05, 0) is 69.4 Å². The van der Waals surface area contributed by atoms with E-state index in [4.69, 9.17) is 0 Å². The molecule has 0 spiro atoms. The van der Waals surface area contributed by atoms with Gasteiger partial charge in [0.2, 0.25) is 0 Å². The number of anilines is 1. The van der Waals surface area contributed by atoms with Crippen molar-refractivity contribution < 1.29 is 4.39 Å². The lowest BCUT2D eigenvalue weighted by molar-refractivity contribution is 0.614. The highest BCUT2D eigenvalue weighted by molar-refractivity contribution is 5.74. The molecule has 1 N–H and O–H groups in total. The third kappa shape index (κ3) is 8.40. The first-order chi connectivity index (χ1) is 19.4. The number of hydrogen-bond acceptors (Lipinski definition) is 5. The fourth-order valence-electron chi connectivity index (χ4n) is 4.21. The highest BCUT2D eigenvalue weighted by Crippen LogP contribution is 2.26. The molecule has 3 aromatic rings. The topological polar surface area (TPSA) is 63.6 Å². The van der Waals surface area contributed by atoms with Crippen molar-refractivity contribution in [1.29, 1.82) is 0 Å². The minimum absolute atomic E-state index is 0.336. The Morgan fingerprint density at radius 1 is 1.02 bits per heavy atom. The number of nitrogens with zero attached hydrogens (tertiary/aromatic N) is 4. The van der Waals surface area contributed by atoms with Gasteiger partial charge in [0.05, 0.1) is 11.4 Å². The Balaban J connectivity index is 1.80. The van der Waals surface area contributed by atoms with Gasteiger partial charge in [-0.3, -0.25) is 9.97 Å². The SMILES string of the molecule is C\C=C/C(=C\C(C)=C\CC)c1ncc(CNc2ncnc(-c3cc(/C=C\C=C\CCC)c(C)cn3)c2C)cc1F. The molecule has 0 aliphatic carbocycles. The fraction of sp³-hybridized carbons (Fsp3) is 0.294. The van der Waals surface area contributed by atoms with Crippen molar-refractivity contribution in [2.24, 2.45) is 0 Å². The van der Waals surface area contributed by atoms with Crippen LogP contribution in [0.25, 0.3) is 23.0 Å². The molecule has 0 fully saturated rings. The van der Waals surface area contributed by atoms with E-state index in [-0.39, 0.29) is 5.82 Å². The van der Waals surface area contributed by atoms with Crippen molar-refractivity contribution in [3.8, 4) is 11.4 Å². The molecule has 6 heteroatoms. The number of unbranched alkanes of at least 4 members (excludes halogenated alkanes) is 1. The molecule has 3 rings (SSSR count). The number of pyridine rings is 2. The Hall–Kier alpha value is -4.19. The maximum absolute atomic E-state index is 15.1. The third-order valence-corrected chi connectivity index (χ3v) is 6.34. The molecule has 0 atom stereocenters. The lowest BCUT2D eigenvalue weighted by Gasteiger charge is -2.13. The third-order valence-electron chi connectivity index (χ3n) is 6.34. The van der Waals surface area contributed by atoms with E-state index < -0.39 is 0 Å². The summed E-state index contributed by atoms with van der Waals surface area (Å²) in [6, 6.07) is 3.57. The van der Waals surface area contributed by atoms with Crippen LogP contribution in [0.2, 0.25) is 0 Å². The van der Waals surface area contributed by atoms with E-state index in [0.717, 1.165) is 64.1 Å². The Labute approximate surface area is 238 Å². The molecule has 5 nitrogen and oxygen atoms in total. The number of rotatable bonds is 12. The van der Waals surface area contributed by atoms with Gasteiger partial charge < -0.3 is 5.32 Å². The number of allylic oxidation sites excluding steroid dienone is 9. The normalized spacial score (nSPS) is 12.8. The minimum Gasteiger partial charge on any atom is -0.366 e. The summed E-state index contributed by atoms with van der Waals surface area (Å²) in [5.74, 6) is 0.313. The molecule has 3 heterocycles. The summed E-state index contributed by atoms with van der Waals surface area (Å²) in [6.07, 6.45) is 24.4. The smallest absolute Gasteiger partial charge is 0.149 e. The average molecular weight is 538 g/mol. The van der Waals surface area contributed by atoms with E-state index in [1.165, 1.54) is 12.4 Å². The zero-order chi connectivity index (χ0) is 28.9. The van der Waals surface area contributed by atoms with Gasteiger partial charge in [0, 0.05) is 30.1 Å². The molecule has 0 aliphatic rings. The van der Waals surface area contributed by atoms with Crippen LogP contribution in [0, 0.1) is 19.7 Å². The van der Waals surface area contributed by atoms with Crippen LogP contribution in [0.3, 0.4) is 0 Å². The number of aryl methyl sites for hydroxylation is 1. The number of aromatic nitrogens is 4. The summed E-state index contributed by atoms with van der Waals surface area (Å²) in [5, 5.41) is 3.32. The first-order valence-corrected chi connectivity index (χ1v) is 13.9.